The third-order valence-electron chi connectivity index (χ3n) is 4.41. The van der Waals surface area contributed by atoms with Crippen molar-refractivity contribution in [1.82, 2.24) is 0 Å². The third kappa shape index (κ3) is 10.3. The number of alkyl halides is 4. The largest absolute Gasteiger partial charge is 0.449 e. The molecule has 0 aliphatic heterocycles. The second-order valence-corrected chi connectivity index (χ2v) is 14.9. The predicted molar refractivity (Wildman–Crippen MR) is 149 cm³/mol. The van der Waals surface area contributed by atoms with E-state index < -0.39 is 30.7 Å². The Hall–Kier alpha value is -0.560. The highest BCUT2D eigenvalue weighted by Gasteiger charge is 2.73. The zero-order valence-electron chi connectivity index (χ0n) is 20.2. The van der Waals surface area contributed by atoms with Crippen LogP contribution in [0.5, 0.6) is 0 Å². The van der Waals surface area contributed by atoms with Gasteiger partial charge in [0.1, 0.15) is 0 Å². The SMILES string of the molecule is CC(C)(C)c1ccc(I)cc1.CC(C)(C)c1ccc(I)cc1.O=S(=O)(O)C(F)(F)C(F)(F)S(=O)(=O)O. The summed E-state index contributed by atoms with van der Waals surface area (Å²) in [5.41, 5.74) is 3.37. The van der Waals surface area contributed by atoms with Crippen LogP contribution in [0.4, 0.5) is 17.6 Å². The minimum atomic E-state index is -6.67. The fourth-order valence-electron chi connectivity index (χ4n) is 2.20. The van der Waals surface area contributed by atoms with E-state index in [9.17, 15) is 34.4 Å². The van der Waals surface area contributed by atoms with E-state index in [4.69, 9.17) is 9.11 Å². The average Bonchev–Trinajstić information content (AvgIpc) is 2.66. The van der Waals surface area contributed by atoms with Gasteiger partial charge in [-0.3, -0.25) is 9.11 Å². The van der Waals surface area contributed by atoms with E-state index in [0.29, 0.717) is 0 Å². The molecule has 0 spiro atoms. The van der Waals surface area contributed by atoms with E-state index in [0.717, 1.165) is 0 Å². The van der Waals surface area contributed by atoms with E-state index in [2.05, 4.69) is 135 Å². The summed E-state index contributed by atoms with van der Waals surface area (Å²) in [6.45, 7) is 13.4. The van der Waals surface area contributed by atoms with E-state index in [1.807, 2.05) is 0 Å². The molecule has 0 atom stereocenters. The lowest BCUT2D eigenvalue weighted by Gasteiger charge is -2.20. The van der Waals surface area contributed by atoms with Crippen LogP contribution in [0, 0.1) is 7.14 Å². The Morgan fingerprint density at radius 3 is 0.889 bits per heavy atom. The first-order valence-electron chi connectivity index (χ1n) is 9.97. The molecule has 0 aromatic heterocycles. The maximum atomic E-state index is 12.1. The van der Waals surface area contributed by atoms with E-state index >= 15 is 0 Å². The van der Waals surface area contributed by atoms with Crippen molar-refractivity contribution in [2.24, 2.45) is 0 Å². The van der Waals surface area contributed by atoms with Gasteiger partial charge in [-0.1, -0.05) is 65.8 Å². The first-order valence-corrected chi connectivity index (χ1v) is 15.0. The van der Waals surface area contributed by atoms with E-state index in [1.54, 1.807) is 0 Å². The molecule has 0 bridgehead atoms. The summed E-state index contributed by atoms with van der Waals surface area (Å²) in [6, 6.07) is 17.4. The molecule has 0 aliphatic rings. The lowest BCUT2D eigenvalue weighted by Crippen LogP contribution is -2.51. The Balaban J connectivity index is 0.000000515. The van der Waals surface area contributed by atoms with Crippen molar-refractivity contribution in [3.8, 4) is 0 Å². The Bertz CT molecular complexity index is 1110. The van der Waals surface area contributed by atoms with Gasteiger partial charge >= 0.3 is 30.7 Å². The highest BCUT2D eigenvalue weighted by Crippen LogP contribution is 2.41. The van der Waals surface area contributed by atoms with Crippen molar-refractivity contribution in [1.29, 1.82) is 0 Å². The lowest BCUT2D eigenvalue weighted by molar-refractivity contribution is -0.105. The molecule has 36 heavy (non-hydrogen) atoms. The van der Waals surface area contributed by atoms with Gasteiger partial charge in [0.2, 0.25) is 0 Å². The second-order valence-electron chi connectivity index (χ2n) is 9.50. The van der Waals surface area contributed by atoms with Gasteiger partial charge in [0.25, 0.3) is 0 Å². The van der Waals surface area contributed by atoms with Gasteiger partial charge in [-0.05, 0) is 91.4 Å². The second kappa shape index (κ2) is 12.5. The van der Waals surface area contributed by atoms with Crippen LogP contribution in [0.3, 0.4) is 0 Å². The standard InChI is InChI=1S/2C10H13I.C2H2F4O6S2/c2*1-10(2,3)8-4-6-9(11)7-5-8;3-1(4,13(7,8)9)2(5,6)14(10,11)12/h2*4-7H,1-3H3;(H,7,8,9)(H,10,11,12). The van der Waals surface area contributed by atoms with Crippen LogP contribution in [-0.4, -0.2) is 36.5 Å². The molecule has 2 aromatic carbocycles. The molecular weight excluding hydrogens is 754 g/mol. The van der Waals surface area contributed by atoms with E-state index in [1.165, 1.54) is 18.3 Å². The van der Waals surface area contributed by atoms with Gasteiger partial charge in [-0.2, -0.15) is 34.4 Å². The van der Waals surface area contributed by atoms with E-state index in [-0.39, 0.29) is 10.8 Å². The molecule has 0 unspecified atom stereocenters. The Labute approximate surface area is 237 Å². The van der Waals surface area contributed by atoms with Crippen LogP contribution in [0.2, 0.25) is 0 Å². The highest BCUT2D eigenvalue weighted by molar-refractivity contribution is 14.1. The van der Waals surface area contributed by atoms with Gasteiger partial charge in [-0.15, -0.1) is 0 Å². The van der Waals surface area contributed by atoms with Crippen LogP contribution < -0.4 is 0 Å². The molecule has 0 fully saturated rings. The maximum Gasteiger partial charge on any atom is 0.449 e. The molecule has 14 heteroatoms. The van der Waals surface area contributed by atoms with Gasteiger partial charge in [-0.25, -0.2) is 0 Å². The molecule has 206 valence electrons. The Morgan fingerprint density at radius 1 is 0.556 bits per heavy atom. The molecule has 0 saturated carbocycles. The maximum absolute atomic E-state index is 12.1. The summed E-state index contributed by atoms with van der Waals surface area (Å²) in [6.07, 6.45) is 0. The summed E-state index contributed by atoms with van der Waals surface area (Å²) in [5, 5.41) is -12.7. The molecule has 2 rings (SSSR count). The number of benzene rings is 2. The molecule has 6 nitrogen and oxygen atoms in total. The normalized spacial score (nSPS) is 13.2. The minimum Gasteiger partial charge on any atom is -0.281 e. The molecular formula is C22H28F4I2O6S2. The Kier molecular flexibility index (Phi) is 12.3. The average molecular weight is 782 g/mol. The summed E-state index contributed by atoms with van der Waals surface area (Å²) < 4.78 is 105. The fourth-order valence-corrected chi connectivity index (χ4v) is 4.15. The van der Waals surface area contributed by atoms with Crippen LogP contribution in [-0.2, 0) is 31.1 Å². The summed E-state index contributed by atoms with van der Waals surface area (Å²) in [4.78, 5) is 0. The van der Waals surface area contributed by atoms with Crippen LogP contribution >= 0.6 is 45.2 Å². The zero-order valence-corrected chi connectivity index (χ0v) is 26.2. The first-order chi connectivity index (χ1) is 15.7. The summed E-state index contributed by atoms with van der Waals surface area (Å²) in [7, 11) is -13.3. The molecule has 2 aromatic rings. The van der Waals surface area contributed by atoms with Crippen molar-refractivity contribution < 1.29 is 43.5 Å². The highest BCUT2D eigenvalue weighted by atomic mass is 127. The van der Waals surface area contributed by atoms with Gasteiger partial charge < -0.3 is 0 Å². The first kappa shape index (κ1) is 35.4. The molecule has 0 aliphatic carbocycles. The van der Waals surface area contributed by atoms with Crippen molar-refractivity contribution in [2.75, 3.05) is 0 Å². The number of rotatable bonds is 3. The smallest absolute Gasteiger partial charge is 0.281 e. The van der Waals surface area contributed by atoms with Gasteiger partial charge in [0.15, 0.2) is 0 Å². The molecule has 0 heterocycles. The molecule has 0 radical (unpaired) electrons. The predicted octanol–water partition coefficient (Wildman–Crippen LogP) is 7.13. The topological polar surface area (TPSA) is 109 Å². The van der Waals surface area contributed by atoms with Crippen LogP contribution in [0.15, 0.2) is 48.5 Å². The zero-order chi connectivity index (χ0) is 29.0. The van der Waals surface area contributed by atoms with Crippen molar-refractivity contribution >= 4 is 65.4 Å². The van der Waals surface area contributed by atoms with Crippen LogP contribution in [0.25, 0.3) is 0 Å². The third-order valence-corrected chi connectivity index (χ3v) is 7.78. The number of halogens is 6. The fraction of sp³-hybridized carbons (Fsp3) is 0.455. The molecule has 2 N–H and O–H groups in total. The molecule has 0 saturated heterocycles. The van der Waals surface area contributed by atoms with Gasteiger partial charge in [0.05, 0.1) is 0 Å². The van der Waals surface area contributed by atoms with Crippen molar-refractivity contribution in [2.45, 2.75) is 62.9 Å². The van der Waals surface area contributed by atoms with Crippen molar-refractivity contribution in [3.05, 3.63) is 66.8 Å². The quantitative estimate of drug-likeness (QED) is 0.195. The van der Waals surface area contributed by atoms with Gasteiger partial charge in [0, 0.05) is 7.14 Å². The lowest BCUT2D eigenvalue weighted by atomic mass is 9.87. The van der Waals surface area contributed by atoms with Crippen LogP contribution in [0.1, 0.15) is 52.7 Å². The monoisotopic (exact) mass is 782 g/mol. The Morgan fingerprint density at radius 2 is 0.750 bits per heavy atom. The molecule has 0 amide bonds. The number of hydrogen-bond donors (Lipinski definition) is 2. The minimum absolute atomic E-state index is 0.282. The summed E-state index contributed by atoms with van der Waals surface area (Å²) >= 11 is 4.65. The van der Waals surface area contributed by atoms with Crippen molar-refractivity contribution in [3.63, 3.8) is 0 Å². The number of hydrogen-bond acceptors (Lipinski definition) is 4. The summed E-state index contributed by atoms with van der Waals surface area (Å²) in [5.74, 6) is 0.